The van der Waals surface area contributed by atoms with Crippen LogP contribution in [0.5, 0.6) is 0 Å². The molecule has 0 radical (unpaired) electrons. The van der Waals surface area contributed by atoms with Gasteiger partial charge in [-0.15, -0.1) is 0 Å². The van der Waals surface area contributed by atoms with E-state index in [2.05, 4.69) is 15.4 Å². The number of likely N-dealkylation sites (tertiary alicyclic amines) is 1. The van der Waals surface area contributed by atoms with Crippen LogP contribution in [0.15, 0.2) is 18.2 Å². The molecule has 7 nitrogen and oxygen atoms in total. The Hall–Kier alpha value is -2.25. The summed E-state index contributed by atoms with van der Waals surface area (Å²) in [6, 6.07) is 2.88. The third-order valence-electron chi connectivity index (χ3n) is 4.88. The zero-order valence-electron chi connectivity index (χ0n) is 16.6. The van der Waals surface area contributed by atoms with Crippen molar-refractivity contribution in [3.63, 3.8) is 0 Å². The molecule has 0 aliphatic carbocycles. The van der Waals surface area contributed by atoms with Gasteiger partial charge in [0.2, 0.25) is 11.8 Å². The largest absolute Gasteiger partial charge is 0.467 e. The molecule has 1 aliphatic heterocycles. The van der Waals surface area contributed by atoms with Gasteiger partial charge in [0.15, 0.2) is 0 Å². The summed E-state index contributed by atoms with van der Waals surface area (Å²) in [6.07, 6.45) is 4.15. The molecule has 29 heavy (non-hydrogen) atoms. The van der Waals surface area contributed by atoms with Crippen molar-refractivity contribution in [3.05, 3.63) is 33.8 Å². The number of hydrogen-bond acceptors (Lipinski definition) is 5. The summed E-state index contributed by atoms with van der Waals surface area (Å²) in [5.74, 6) is -1.08. The van der Waals surface area contributed by atoms with Gasteiger partial charge in [-0.1, -0.05) is 29.3 Å². The van der Waals surface area contributed by atoms with Crippen LogP contribution >= 0.6 is 23.2 Å². The smallest absolute Gasteiger partial charge is 0.328 e. The Morgan fingerprint density at radius 3 is 2.45 bits per heavy atom. The Labute approximate surface area is 180 Å². The Morgan fingerprint density at radius 2 is 1.86 bits per heavy atom. The summed E-state index contributed by atoms with van der Waals surface area (Å²) in [6.45, 7) is 2.50. The minimum Gasteiger partial charge on any atom is -0.467 e. The quantitative estimate of drug-likeness (QED) is 0.523. The lowest BCUT2D eigenvalue weighted by atomic mass is 9.95. The predicted octanol–water partition coefficient (Wildman–Crippen LogP) is 2.96. The van der Waals surface area contributed by atoms with E-state index in [9.17, 15) is 14.4 Å². The van der Waals surface area contributed by atoms with E-state index < -0.39 is 12.0 Å². The molecular weight excluding hydrogens is 417 g/mol. The first kappa shape index (κ1) is 23.0. The maximum atomic E-state index is 12.5. The van der Waals surface area contributed by atoms with E-state index in [0.717, 1.165) is 0 Å². The van der Waals surface area contributed by atoms with Gasteiger partial charge in [0, 0.05) is 32.1 Å². The third-order valence-corrected chi connectivity index (χ3v) is 5.77. The minimum absolute atomic E-state index is 0.156. The molecule has 2 amide bonds. The molecule has 9 heteroatoms. The number of anilines is 1. The molecule has 1 aromatic carbocycles. The second-order valence-electron chi connectivity index (χ2n) is 6.77. The number of halogens is 2. The van der Waals surface area contributed by atoms with Crippen LogP contribution in [-0.2, 0) is 19.1 Å². The molecule has 0 saturated carbocycles. The summed E-state index contributed by atoms with van der Waals surface area (Å²) >= 11 is 12.4. The van der Waals surface area contributed by atoms with Gasteiger partial charge >= 0.3 is 5.97 Å². The highest BCUT2D eigenvalue weighted by molar-refractivity contribution is 6.44. The average Bonchev–Trinajstić information content (AvgIpc) is 2.73. The number of benzene rings is 1. The number of nitrogens with zero attached hydrogens (tertiary/aromatic N) is 1. The van der Waals surface area contributed by atoms with Crippen LogP contribution in [0.4, 0.5) is 5.69 Å². The van der Waals surface area contributed by atoms with Gasteiger partial charge in [-0.05, 0) is 37.5 Å². The first-order valence-corrected chi connectivity index (χ1v) is 10.0. The molecular formula is C20H25Cl2N3O4. The van der Waals surface area contributed by atoms with Gasteiger partial charge < -0.3 is 20.3 Å². The predicted molar refractivity (Wildman–Crippen MR) is 114 cm³/mol. The number of methoxy groups -OCH3 is 1. The molecule has 1 fully saturated rings. The molecule has 1 heterocycles. The van der Waals surface area contributed by atoms with Crippen LogP contribution in [0.2, 0.25) is 10.0 Å². The highest BCUT2D eigenvalue weighted by Crippen LogP contribution is 2.33. The number of rotatable bonds is 6. The fourth-order valence-corrected chi connectivity index (χ4v) is 3.58. The van der Waals surface area contributed by atoms with Crippen LogP contribution in [0.25, 0.3) is 6.08 Å². The summed E-state index contributed by atoms with van der Waals surface area (Å²) in [4.78, 5) is 37.8. The van der Waals surface area contributed by atoms with Crippen molar-refractivity contribution in [2.24, 2.45) is 5.92 Å². The van der Waals surface area contributed by atoms with E-state index in [1.165, 1.54) is 13.2 Å². The topological polar surface area (TPSA) is 87.7 Å². The van der Waals surface area contributed by atoms with Gasteiger partial charge in [0.1, 0.15) is 6.04 Å². The van der Waals surface area contributed by atoms with Crippen molar-refractivity contribution in [1.29, 1.82) is 0 Å². The lowest BCUT2D eigenvalue weighted by molar-refractivity contribution is -0.145. The SMILES string of the molecule is CNc1ccc(C=CC(=O)N2CCC(C(=O)NC(C)C(=O)OC)CC2)c(Cl)c1Cl. The monoisotopic (exact) mass is 441 g/mol. The zero-order valence-corrected chi connectivity index (χ0v) is 18.1. The lowest BCUT2D eigenvalue weighted by Gasteiger charge is -2.31. The van der Waals surface area contributed by atoms with Gasteiger partial charge in [-0.2, -0.15) is 0 Å². The number of carbonyl (C=O) groups is 3. The van der Waals surface area contributed by atoms with Crippen molar-refractivity contribution >= 4 is 52.7 Å². The molecule has 0 aromatic heterocycles. The van der Waals surface area contributed by atoms with E-state index in [1.54, 1.807) is 37.1 Å². The van der Waals surface area contributed by atoms with Crippen molar-refractivity contribution in [2.75, 3.05) is 32.6 Å². The molecule has 1 aliphatic rings. The Balaban J connectivity index is 1.90. The maximum absolute atomic E-state index is 12.5. The van der Waals surface area contributed by atoms with E-state index in [0.29, 0.717) is 47.2 Å². The number of nitrogens with one attached hydrogen (secondary N) is 2. The summed E-state index contributed by atoms with van der Waals surface area (Å²) < 4.78 is 4.61. The molecule has 2 N–H and O–H groups in total. The van der Waals surface area contributed by atoms with Gasteiger partial charge in [0.05, 0.1) is 22.8 Å². The van der Waals surface area contributed by atoms with E-state index in [1.807, 2.05) is 0 Å². The Bertz CT molecular complexity index is 805. The van der Waals surface area contributed by atoms with Crippen molar-refractivity contribution in [3.8, 4) is 0 Å². The summed E-state index contributed by atoms with van der Waals surface area (Å²) in [5, 5.41) is 6.36. The fourth-order valence-electron chi connectivity index (χ4n) is 3.08. The molecule has 1 saturated heterocycles. The number of amides is 2. The summed E-state index contributed by atoms with van der Waals surface area (Å²) in [5.41, 5.74) is 1.36. The standard InChI is InChI=1S/C20H25Cl2N3O4/c1-12(20(28)29-3)24-19(27)14-8-10-25(11-9-14)16(26)7-5-13-4-6-15(23-2)18(22)17(13)21/h4-7,12,14,23H,8-11H2,1-3H3,(H,24,27). The van der Waals surface area contributed by atoms with E-state index >= 15 is 0 Å². The second kappa shape index (κ2) is 10.5. The fraction of sp³-hybridized carbons (Fsp3) is 0.450. The van der Waals surface area contributed by atoms with Crippen LogP contribution in [0, 0.1) is 5.92 Å². The third kappa shape index (κ3) is 5.87. The minimum atomic E-state index is -0.694. The van der Waals surface area contributed by atoms with E-state index in [4.69, 9.17) is 23.2 Å². The van der Waals surface area contributed by atoms with Gasteiger partial charge in [-0.25, -0.2) is 4.79 Å². The highest BCUT2D eigenvalue weighted by atomic mass is 35.5. The Morgan fingerprint density at radius 1 is 1.21 bits per heavy atom. The first-order valence-electron chi connectivity index (χ1n) is 9.29. The van der Waals surface area contributed by atoms with Crippen LogP contribution < -0.4 is 10.6 Å². The number of piperidine rings is 1. The van der Waals surface area contributed by atoms with Crippen LogP contribution in [0.3, 0.4) is 0 Å². The van der Waals surface area contributed by atoms with Crippen molar-refractivity contribution in [1.82, 2.24) is 10.2 Å². The molecule has 0 bridgehead atoms. The zero-order chi connectivity index (χ0) is 21.6. The molecule has 0 spiro atoms. The molecule has 158 valence electrons. The maximum Gasteiger partial charge on any atom is 0.328 e. The molecule has 1 aromatic rings. The first-order chi connectivity index (χ1) is 13.8. The second-order valence-corrected chi connectivity index (χ2v) is 7.52. The number of ether oxygens (including phenoxy) is 1. The highest BCUT2D eigenvalue weighted by Gasteiger charge is 2.28. The lowest BCUT2D eigenvalue weighted by Crippen LogP contribution is -2.46. The normalized spacial score (nSPS) is 15.8. The van der Waals surface area contributed by atoms with Gasteiger partial charge in [0.25, 0.3) is 0 Å². The van der Waals surface area contributed by atoms with Crippen molar-refractivity contribution < 1.29 is 19.1 Å². The van der Waals surface area contributed by atoms with Gasteiger partial charge in [-0.3, -0.25) is 9.59 Å². The van der Waals surface area contributed by atoms with E-state index in [-0.39, 0.29) is 17.7 Å². The summed E-state index contributed by atoms with van der Waals surface area (Å²) in [7, 11) is 3.02. The number of hydrogen-bond donors (Lipinski definition) is 2. The van der Waals surface area contributed by atoms with Crippen molar-refractivity contribution in [2.45, 2.75) is 25.8 Å². The molecule has 1 unspecified atom stereocenters. The molecule has 2 rings (SSSR count). The van der Waals surface area contributed by atoms with Crippen LogP contribution in [0.1, 0.15) is 25.3 Å². The average molecular weight is 442 g/mol. The van der Waals surface area contributed by atoms with Crippen LogP contribution in [-0.4, -0.2) is 56.0 Å². The molecule has 1 atom stereocenters. The Kier molecular flexibility index (Phi) is 8.34. The number of carbonyl (C=O) groups excluding carboxylic acids is 3. The number of esters is 1.